The van der Waals surface area contributed by atoms with Gasteiger partial charge in [-0.2, -0.15) is 0 Å². The highest BCUT2D eigenvalue weighted by Gasteiger charge is 2.13. The number of nitrogens with zero attached hydrogens (tertiary/aromatic N) is 1. The van der Waals surface area contributed by atoms with Crippen molar-refractivity contribution >= 4 is 16.7 Å². The first-order valence-corrected chi connectivity index (χ1v) is 6.91. The number of ether oxygens (including phenoxy) is 1. The average molecular weight is 277 g/mol. The number of ketones is 1. The first-order valence-electron chi connectivity index (χ1n) is 6.91. The van der Waals surface area contributed by atoms with Crippen LogP contribution in [0.5, 0.6) is 5.75 Å². The van der Waals surface area contributed by atoms with E-state index >= 15 is 0 Å². The number of fused-ring (bicyclic) bond motifs is 1. The lowest BCUT2D eigenvalue weighted by molar-refractivity contribution is 0.104. The molecule has 2 aromatic carbocycles. The molecule has 3 rings (SSSR count). The zero-order chi connectivity index (χ0) is 14.7. The van der Waals surface area contributed by atoms with Crippen LogP contribution < -0.4 is 4.74 Å². The van der Waals surface area contributed by atoms with E-state index in [9.17, 15) is 4.79 Å². The highest BCUT2D eigenvalue weighted by Crippen LogP contribution is 2.21. The summed E-state index contributed by atoms with van der Waals surface area (Å²) in [7, 11) is 0. The quantitative estimate of drug-likeness (QED) is 0.680. The van der Waals surface area contributed by atoms with E-state index in [1.165, 1.54) is 0 Å². The number of hydrogen-bond donors (Lipinski definition) is 0. The maximum atomic E-state index is 12.7. The van der Waals surface area contributed by atoms with E-state index in [4.69, 9.17) is 4.74 Å². The Bertz CT molecular complexity index is 791. The molecule has 3 heteroatoms. The predicted molar refractivity (Wildman–Crippen MR) is 82.8 cm³/mol. The molecule has 0 fully saturated rings. The Kier molecular flexibility index (Phi) is 3.65. The molecule has 0 N–H and O–H groups in total. The van der Waals surface area contributed by atoms with Gasteiger partial charge >= 0.3 is 0 Å². The van der Waals surface area contributed by atoms with Crippen molar-refractivity contribution in [2.45, 2.75) is 6.92 Å². The Labute approximate surface area is 123 Å². The van der Waals surface area contributed by atoms with E-state index in [1.807, 2.05) is 43.3 Å². The number of aromatic nitrogens is 1. The Morgan fingerprint density at radius 3 is 2.81 bits per heavy atom. The van der Waals surface area contributed by atoms with Gasteiger partial charge in [-0.3, -0.25) is 9.78 Å². The fourth-order valence-corrected chi connectivity index (χ4v) is 2.34. The summed E-state index contributed by atoms with van der Waals surface area (Å²) < 4.78 is 5.46. The molecule has 0 aliphatic heterocycles. The molecule has 0 aliphatic rings. The van der Waals surface area contributed by atoms with Crippen molar-refractivity contribution in [1.29, 1.82) is 0 Å². The third-order valence-electron chi connectivity index (χ3n) is 3.30. The van der Waals surface area contributed by atoms with Gasteiger partial charge in [0.25, 0.3) is 0 Å². The maximum absolute atomic E-state index is 12.7. The third-order valence-corrected chi connectivity index (χ3v) is 3.30. The van der Waals surface area contributed by atoms with Crippen LogP contribution >= 0.6 is 0 Å². The molecular formula is C18H15NO2. The highest BCUT2D eigenvalue weighted by atomic mass is 16.5. The number of carbonyl (C=O) groups excluding carboxylic acids is 1. The maximum Gasteiger partial charge on any atom is 0.193 e. The van der Waals surface area contributed by atoms with Gasteiger partial charge in [-0.25, -0.2) is 0 Å². The van der Waals surface area contributed by atoms with Crippen LogP contribution in [0.25, 0.3) is 10.9 Å². The zero-order valence-corrected chi connectivity index (χ0v) is 11.7. The second-order valence-corrected chi connectivity index (χ2v) is 4.67. The van der Waals surface area contributed by atoms with Crippen molar-refractivity contribution in [3.63, 3.8) is 0 Å². The van der Waals surface area contributed by atoms with E-state index in [2.05, 4.69) is 4.98 Å². The Balaban J connectivity index is 2.06. The van der Waals surface area contributed by atoms with Gasteiger partial charge in [0.1, 0.15) is 5.75 Å². The summed E-state index contributed by atoms with van der Waals surface area (Å²) in [4.78, 5) is 17.0. The molecule has 0 saturated carbocycles. The van der Waals surface area contributed by atoms with Crippen molar-refractivity contribution in [2.24, 2.45) is 0 Å². The Morgan fingerprint density at radius 1 is 1.10 bits per heavy atom. The molecule has 0 unspecified atom stereocenters. The van der Waals surface area contributed by atoms with Crippen LogP contribution in [0, 0.1) is 0 Å². The van der Waals surface area contributed by atoms with Gasteiger partial charge in [-0.15, -0.1) is 0 Å². The number of rotatable bonds is 4. The van der Waals surface area contributed by atoms with Gasteiger partial charge in [0.15, 0.2) is 5.78 Å². The molecule has 0 spiro atoms. The molecule has 0 saturated heterocycles. The molecule has 104 valence electrons. The lowest BCUT2D eigenvalue weighted by Crippen LogP contribution is -2.03. The fourth-order valence-electron chi connectivity index (χ4n) is 2.34. The minimum atomic E-state index is -0.0184. The molecule has 1 aromatic heterocycles. The number of carbonyl (C=O) groups is 1. The number of hydrogen-bond acceptors (Lipinski definition) is 3. The van der Waals surface area contributed by atoms with Gasteiger partial charge < -0.3 is 4.74 Å². The zero-order valence-electron chi connectivity index (χ0n) is 11.7. The Hall–Kier alpha value is -2.68. The van der Waals surface area contributed by atoms with Crippen LogP contribution in [-0.4, -0.2) is 17.4 Å². The van der Waals surface area contributed by atoms with Crippen molar-refractivity contribution in [2.75, 3.05) is 6.61 Å². The monoisotopic (exact) mass is 277 g/mol. The van der Waals surface area contributed by atoms with Gasteiger partial charge in [0.05, 0.1) is 12.1 Å². The summed E-state index contributed by atoms with van der Waals surface area (Å²) in [5.41, 5.74) is 2.11. The van der Waals surface area contributed by atoms with Crippen LogP contribution in [0.1, 0.15) is 22.8 Å². The molecule has 0 bridgehead atoms. The van der Waals surface area contributed by atoms with E-state index in [-0.39, 0.29) is 5.78 Å². The molecule has 0 amide bonds. The standard InChI is InChI=1S/C18H15NO2/c1-2-21-14-7-5-6-13(12-14)18(20)16-10-11-19-17-9-4-3-8-15(16)17/h3-12H,2H2,1H3. The van der Waals surface area contributed by atoms with Gasteiger partial charge in [0, 0.05) is 22.7 Å². The number of para-hydroxylation sites is 1. The molecule has 3 nitrogen and oxygen atoms in total. The molecular weight excluding hydrogens is 262 g/mol. The summed E-state index contributed by atoms with van der Waals surface area (Å²) in [5, 5.41) is 0.867. The summed E-state index contributed by atoms with van der Waals surface area (Å²) in [6.07, 6.45) is 1.67. The lowest BCUT2D eigenvalue weighted by atomic mass is 10.00. The molecule has 21 heavy (non-hydrogen) atoms. The second-order valence-electron chi connectivity index (χ2n) is 4.67. The first kappa shape index (κ1) is 13.3. The Morgan fingerprint density at radius 2 is 1.95 bits per heavy atom. The largest absolute Gasteiger partial charge is 0.494 e. The minimum absolute atomic E-state index is 0.0184. The van der Waals surface area contributed by atoms with E-state index in [1.54, 1.807) is 24.4 Å². The molecule has 3 aromatic rings. The molecule has 1 heterocycles. The van der Waals surface area contributed by atoms with E-state index < -0.39 is 0 Å². The average Bonchev–Trinajstić information content (AvgIpc) is 2.54. The number of benzene rings is 2. The van der Waals surface area contributed by atoms with Crippen LogP contribution in [0.15, 0.2) is 60.8 Å². The molecule has 0 atom stereocenters. The molecule has 0 aliphatic carbocycles. The van der Waals surface area contributed by atoms with Gasteiger partial charge in [0.2, 0.25) is 0 Å². The lowest BCUT2D eigenvalue weighted by Gasteiger charge is -2.07. The van der Waals surface area contributed by atoms with Crippen LogP contribution in [-0.2, 0) is 0 Å². The van der Waals surface area contributed by atoms with Gasteiger partial charge in [-0.05, 0) is 31.2 Å². The van der Waals surface area contributed by atoms with Crippen LogP contribution in [0.4, 0.5) is 0 Å². The molecule has 0 radical (unpaired) electrons. The van der Waals surface area contributed by atoms with E-state index in [0.29, 0.717) is 23.5 Å². The van der Waals surface area contributed by atoms with Gasteiger partial charge in [-0.1, -0.05) is 30.3 Å². The number of pyridine rings is 1. The SMILES string of the molecule is CCOc1cccc(C(=O)c2ccnc3ccccc23)c1. The summed E-state index contributed by atoms with van der Waals surface area (Å²) in [5.74, 6) is 0.692. The van der Waals surface area contributed by atoms with E-state index in [0.717, 1.165) is 10.9 Å². The topological polar surface area (TPSA) is 39.2 Å². The van der Waals surface area contributed by atoms with Crippen molar-refractivity contribution in [3.05, 3.63) is 71.9 Å². The second kappa shape index (κ2) is 5.75. The smallest absolute Gasteiger partial charge is 0.193 e. The summed E-state index contributed by atoms with van der Waals surface area (Å²) in [6.45, 7) is 2.50. The fraction of sp³-hybridized carbons (Fsp3) is 0.111. The van der Waals surface area contributed by atoms with Crippen LogP contribution in [0.3, 0.4) is 0 Å². The van der Waals surface area contributed by atoms with Crippen molar-refractivity contribution in [3.8, 4) is 5.75 Å². The summed E-state index contributed by atoms with van der Waals surface area (Å²) >= 11 is 0. The highest BCUT2D eigenvalue weighted by molar-refractivity contribution is 6.15. The third kappa shape index (κ3) is 2.63. The predicted octanol–water partition coefficient (Wildman–Crippen LogP) is 3.86. The first-order chi connectivity index (χ1) is 10.3. The van der Waals surface area contributed by atoms with Crippen molar-refractivity contribution in [1.82, 2.24) is 4.98 Å². The van der Waals surface area contributed by atoms with Crippen LogP contribution in [0.2, 0.25) is 0 Å². The minimum Gasteiger partial charge on any atom is -0.494 e. The normalized spacial score (nSPS) is 10.5. The van der Waals surface area contributed by atoms with Crippen molar-refractivity contribution < 1.29 is 9.53 Å². The summed E-state index contributed by atoms with van der Waals surface area (Å²) in [6, 6.07) is 16.7.